The van der Waals surface area contributed by atoms with Crippen molar-refractivity contribution < 1.29 is 14.6 Å². The molecule has 1 N–H and O–H groups in total. The Morgan fingerprint density at radius 3 is 2.19 bits per heavy atom. The van der Waals surface area contributed by atoms with Crippen molar-refractivity contribution in [3.8, 4) is 11.1 Å². The van der Waals surface area contributed by atoms with Crippen LogP contribution in [0.3, 0.4) is 0 Å². The number of ether oxygens (including phenoxy) is 1. The van der Waals surface area contributed by atoms with E-state index in [9.17, 15) is 9.90 Å². The second-order valence-corrected chi connectivity index (χ2v) is 8.69. The largest absolute Gasteiger partial charge is 0.461 e. The molecule has 1 aliphatic carbocycles. The van der Waals surface area contributed by atoms with E-state index in [-0.39, 0.29) is 5.92 Å². The van der Waals surface area contributed by atoms with Crippen LogP contribution >= 0.6 is 0 Å². The molecule has 2 atom stereocenters. The van der Waals surface area contributed by atoms with Gasteiger partial charge in [0.25, 0.3) is 6.47 Å². The molecule has 0 bridgehead atoms. The van der Waals surface area contributed by atoms with Gasteiger partial charge >= 0.3 is 0 Å². The van der Waals surface area contributed by atoms with E-state index < -0.39 is 11.7 Å². The van der Waals surface area contributed by atoms with Gasteiger partial charge in [-0.3, -0.25) is 4.79 Å². The third-order valence-corrected chi connectivity index (χ3v) is 6.88. The predicted octanol–water partition coefficient (Wildman–Crippen LogP) is 3.50. The molecule has 164 valence electrons. The van der Waals surface area contributed by atoms with Crippen LogP contribution in [-0.4, -0.2) is 52.2 Å². The second kappa shape index (κ2) is 8.81. The summed E-state index contributed by atoms with van der Waals surface area (Å²) in [6.07, 6.45) is 7.26. The van der Waals surface area contributed by atoms with Gasteiger partial charge in [0, 0.05) is 24.9 Å². The minimum Gasteiger partial charge on any atom is -0.461 e. The van der Waals surface area contributed by atoms with Crippen LogP contribution in [0.5, 0.6) is 0 Å². The SMILES string of the molecule is O=COC(C[C@@H](CN1CCCC1)c1cncnc1)C1(O)c2ccccc2-c2ccccc21. The molecule has 6 heteroatoms. The molecule has 2 heterocycles. The number of hydrogen-bond acceptors (Lipinski definition) is 6. The predicted molar refractivity (Wildman–Crippen MR) is 121 cm³/mol. The smallest absolute Gasteiger partial charge is 0.293 e. The fourth-order valence-corrected chi connectivity index (χ4v) is 5.36. The monoisotopic (exact) mass is 429 g/mol. The molecule has 3 aromatic rings. The molecule has 5 rings (SSSR count). The average Bonchev–Trinajstić information content (AvgIpc) is 3.45. The molecule has 2 aromatic carbocycles. The lowest BCUT2D eigenvalue weighted by atomic mass is 9.80. The second-order valence-electron chi connectivity index (χ2n) is 8.69. The Hall–Kier alpha value is -3.09. The molecule has 6 nitrogen and oxygen atoms in total. The van der Waals surface area contributed by atoms with Crippen LogP contribution in [0.2, 0.25) is 0 Å². The third-order valence-electron chi connectivity index (χ3n) is 6.88. The highest BCUT2D eigenvalue weighted by Crippen LogP contribution is 2.51. The van der Waals surface area contributed by atoms with Gasteiger partial charge in [0.05, 0.1) is 0 Å². The highest BCUT2D eigenvalue weighted by molar-refractivity contribution is 5.80. The summed E-state index contributed by atoms with van der Waals surface area (Å²) >= 11 is 0. The maximum Gasteiger partial charge on any atom is 0.293 e. The summed E-state index contributed by atoms with van der Waals surface area (Å²) in [7, 11) is 0. The van der Waals surface area contributed by atoms with Crippen LogP contribution in [0, 0.1) is 0 Å². The number of aromatic nitrogens is 2. The summed E-state index contributed by atoms with van der Waals surface area (Å²) in [4.78, 5) is 22.5. The first-order chi connectivity index (χ1) is 15.7. The fraction of sp³-hybridized carbons (Fsp3) is 0.346. The molecule has 1 aliphatic heterocycles. The van der Waals surface area contributed by atoms with Crippen molar-refractivity contribution in [2.24, 2.45) is 0 Å². The van der Waals surface area contributed by atoms with Crippen molar-refractivity contribution in [3.63, 3.8) is 0 Å². The summed E-state index contributed by atoms with van der Waals surface area (Å²) in [6.45, 7) is 3.38. The molecule has 0 saturated carbocycles. The number of carbonyl (C=O) groups is 1. The van der Waals surface area contributed by atoms with Gasteiger partial charge in [0.15, 0.2) is 5.60 Å². The molecule has 2 aliphatic rings. The Balaban J connectivity index is 1.55. The van der Waals surface area contributed by atoms with Gasteiger partial charge in [-0.25, -0.2) is 9.97 Å². The van der Waals surface area contributed by atoms with E-state index in [4.69, 9.17) is 4.74 Å². The molecule has 1 fully saturated rings. The fourth-order valence-electron chi connectivity index (χ4n) is 5.36. The molecule has 1 unspecified atom stereocenters. The zero-order valence-electron chi connectivity index (χ0n) is 17.9. The number of nitrogens with zero attached hydrogens (tertiary/aromatic N) is 3. The lowest BCUT2D eigenvalue weighted by Gasteiger charge is -2.36. The lowest BCUT2D eigenvalue weighted by Crippen LogP contribution is -2.43. The quantitative estimate of drug-likeness (QED) is 0.553. The molecule has 0 radical (unpaired) electrons. The van der Waals surface area contributed by atoms with Crippen LogP contribution in [0.4, 0.5) is 0 Å². The van der Waals surface area contributed by atoms with Crippen molar-refractivity contribution in [2.45, 2.75) is 36.9 Å². The molecule has 1 saturated heterocycles. The Labute approximate surface area is 187 Å². The van der Waals surface area contributed by atoms with E-state index in [0.717, 1.165) is 47.5 Å². The van der Waals surface area contributed by atoms with E-state index in [1.165, 1.54) is 19.2 Å². The molecular formula is C26H27N3O3. The van der Waals surface area contributed by atoms with Crippen molar-refractivity contribution in [1.29, 1.82) is 0 Å². The summed E-state index contributed by atoms with van der Waals surface area (Å²) in [5.41, 5.74) is 3.07. The van der Waals surface area contributed by atoms with Crippen molar-refractivity contribution in [1.82, 2.24) is 14.9 Å². The minimum atomic E-state index is -1.42. The Bertz CT molecular complexity index is 1040. The molecular weight excluding hydrogens is 402 g/mol. The number of hydrogen-bond donors (Lipinski definition) is 1. The number of likely N-dealkylation sites (tertiary alicyclic amines) is 1. The van der Waals surface area contributed by atoms with Gasteiger partial charge in [-0.05, 0) is 60.2 Å². The van der Waals surface area contributed by atoms with E-state index in [0.29, 0.717) is 12.9 Å². The lowest BCUT2D eigenvalue weighted by molar-refractivity contribution is -0.147. The van der Waals surface area contributed by atoms with Crippen LogP contribution in [0.25, 0.3) is 11.1 Å². The highest BCUT2D eigenvalue weighted by Gasteiger charge is 2.49. The van der Waals surface area contributed by atoms with Crippen LogP contribution in [0.15, 0.2) is 67.3 Å². The normalized spacial score (nSPS) is 18.5. The molecule has 1 aromatic heterocycles. The van der Waals surface area contributed by atoms with Crippen molar-refractivity contribution >= 4 is 6.47 Å². The number of fused-ring (bicyclic) bond motifs is 3. The summed E-state index contributed by atoms with van der Waals surface area (Å²) in [6, 6.07) is 15.6. The number of carbonyl (C=O) groups excluding carboxylic acids is 1. The van der Waals surface area contributed by atoms with Gasteiger partial charge < -0.3 is 14.7 Å². The van der Waals surface area contributed by atoms with E-state index in [2.05, 4.69) is 14.9 Å². The topological polar surface area (TPSA) is 75.5 Å². The molecule has 0 amide bonds. The first kappa shape index (κ1) is 20.8. The van der Waals surface area contributed by atoms with Crippen molar-refractivity contribution in [2.75, 3.05) is 19.6 Å². The average molecular weight is 430 g/mol. The zero-order chi connectivity index (χ0) is 22.0. The van der Waals surface area contributed by atoms with Crippen LogP contribution in [-0.2, 0) is 15.1 Å². The van der Waals surface area contributed by atoms with Gasteiger partial charge in [-0.15, -0.1) is 0 Å². The third kappa shape index (κ3) is 3.59. The Morgan fingerprint density at radius 2 is 1.59 bits per heavy atom. The highest BCUT2D eigenvalue weighted by atomic mass is 16.5. The van der Waals surface area contributed by atoms with Crippen molar-refractivity contribution in [3.05, 3.63) is 83.9 Å². The number of rotatable bonds is 8. The van der Waals surface area contributed by atoms with Gasteiger partial charge in [0.2, 0.25) is 0 Å². The van der Waals surface area contributed by atoms with Gasteiger partial charge in [0.1, 0.15) is 12.4 Å². The standard InChI is InChI=1S/C26H27N3O3/c30-18-32-25(13-19(16-29-11-5-6-12-29)20-14-27-17-28-15-20)26(31)23-9-3-1-7-21(23)22-8-2-4-10-24(22)26/h1-4,7-10,14-15,17-19,25,31H,5-6,11-13,16H2/t19-,25?/m0/s1. The zero-order valence-corrected chi connectivity index (χ0v) is 17.9. The first-order valence-corrected chi connectivity index (χ1v) is 11.2. The minimum absolute atomic E-state index is 0.0169. The summed E-state index contributed by atoms with van der Waals surface area (Å²) in [5, 5.41) is 12.2. The summed E-state index contributed by atoms with van der Waals surface area (Å²) in [5.74, 6) is 0.0169. The van der Waals surface area contributed by atoms with Crippen LogP contribution < -0.4 is 0 Å². The number of aliphatic hydroxyl groups is 1. The summed E-state index contributed by atoms with van der Waals surface area (Å²) < 4.78 is 5.67. The maximum absolute atomic E-state index is 12.2. The first-order valence-electron chi connectivity index (χ1n) is 11.2. The Kier molecular flexibility index (Phi) is 5.72. The van der Waals surface area contributed by atoms with Gasteiger partial charge in [-0.1, -0.05) is 48.5 Å². The van der Waals surface area contributed by atoms with E-state index in [1.807, 2.05) is 60.9 Å². The number of benzene rings is 2. The maximum atomic E-state index is 12.2. The van der Waals surface area contributed by atoms with Gasteiger partial charge in [-0.2, -0.15) is 0 Å². The van der Waals surface area contributed by atoms with Crippen LogP contribution in [0.1, 0.15) is 41.9 Å². The van der Waals surface area contributed by atoms with E-state index >= 15 is 0 Å². The van der Waals surface area contributed by atoms with E-state index in [1.54, 1.807) is 0 Å². The molecule has 32 heavy (non-hydrogen) atoms. The molecule has 0 spiro atoms. The Morgan fingerprint density at radius 1 is 1.00 bits per heavy atom.